The Morgan fingerprint density at radius 1 is 1.43 bits per heavy atom. The molecule has 2 rings (SSSR count). The fourth-order valence-corrected chi connectivity index (χ4v) is 4.73. The summed E-state index contributed by atoms with van der Waals surface area (Å²) < 4.78 is 40.1. The number of aliphatic carboxylic acids is 1. The smallest absolute Gasteiger partial charge is 0.307 e. The largest absolute Gasteiger partial charge is 0.481 e. The summed E-state index contributed by atoms with van der Waals surface area (Å²) in [4.78, 5) is 10.5. The van der Waals surface area contributed by atoms with Gasteiger partial charge in [0.2, 0.25) is 10.0 Å². The molecule has 5 nitrogen and oxygen atoms in total. The number of sulfonamides is 1. The molecule has 0 saturated carbocycles. The zero-order valence-electron chi connectivity index (χ0n) is 11.3. The minimum absolute atomic E-state index is 0.177. The molecule has 0 radical (unpaired) electrons. The molecular weight excluding hydrogens is 321 g/mol. The predicted octanol–water partition coefficient (Wildman–Crippen LogP) is 2.35. The van der Waals surface area contributed by atoms with Gasteiger partial charge in [-0.2, -0.15) is 4.31 Å². The van der Waals surface area contributed by atoms with Gasteiger partial charge in [0.25, 0.3) is 0 Å². The molecule has 8 heteroatoms. The molecule has 21 heavy (non-hydrogen) atoms. The second-order valence-electron chi connectivity index (χ2n) is 5.09. The maximum absolute atomic E-state index is 13.9. The van der Waals surface area contributed by atoms with Gasteiger partial charge in [0.15, 0.2) is 0 Å². The van der Waals surface area contributed by atoms with Gasteiger partial charge in [-0.1, -0.05) is 17.7 Å². The van der Waals surface area contributed by atoms with Crippen LogP contribution in [-0.4, -0.2) is 36.4 Å². The molecule has 1 aromatic carbocycles. The van der Waals surface area contributed by atoms with Gasteiger partial charge in [0, 0.05) is 12.6 Å². The first-order valence-corrected chi connectivity index (χ1v) is 8.25. The van der Waals surface area contributed by atoms with Crippen molar-refractivity contribution in [1.29, 1.82) is 0 Å². The molecule has 1 aliphatic heterocycles. The van der Waals surface area contributed by atoms with E-state index < -0.39 is 38.7 Å². The van der Waals surface area contributed by atoms with E-state index in [9.17, 15) is 17.6 Å². The van der Waals surface area contributed by atoms with Crippen molar-refractivity contribution in [2.45, 2.75) is 30.7 Å². The normalized spacial score (nSPS) is 24.0. The molecule has 0 amide bonds. The molecule has 0 spiro atoms. The summed E-state index contributed by atoms with van der Waals surface area (Å²) in [6.45, 7) is 1.49. The van der Waals surface area contributed by atoms with Crippen LogP contribution >= 0.6 is 11.6 Å². The first-order chi connectivity index (χ1) is 9.75. The SMILES string of the molecule is CC1CCC(C(=O)O)CN1S(=O)(=O)c1c(F)cccc1Cl. The highest BCUT2D eigenvalue weighted by Gasteiger charge is 2.39. The van der Waals surface area contributed by atoms with Crippen LogP contribution < -0.4 is 0 Å². The number of carboxylic acids is 1. The molecule has 116 valence electrons. The Labute approximate surface area is 127 Å². The highest BCUT2D eigenvalue weighted by Crippen LogP contribution is 2.32. The van der Waals surface area contributed by atoms with Crippen LogP contribution in [0.5, 0.6) is 0 Å². The Kier molecular flexibility index (Phi) is 4.55. The molecule has 1 fully saturated rings. The summed E-state index contributed by atoms with van der Waals surface area (Å²) in [5.74, 6) is -2.78. The maximum Gasteiger partial charge on any atom is 0.307 e. The number of hydrogen-bond donors (Lipinski definition) is 1. The van der Waals surface area contributed by atoms with Crippen LogP contribution in [0.15, 0.2) is 23.1 Å². The van der Waals surface area contributed by atoms with E-state index in [1.165, 1.54) is 12.1 Å². The fourth-order valence-electron chi connectivity index (χ4n) is 2.46. The van der Waals surface area contributed by atoms with Gasteiger partial charge >= 0.3 is 5.97 Å². The highest BCUT2D eigenvalue weighted by molar-refractivity contribution is 7.89. The van der Waals surface area contributed by atoms with Crippen LogP contribution in [0, 0.1) is 11.7 Å². The molecule has 0 bridgehead atoms. The third-order valence-electron chi connectivity index (χ3n) is 3.66. The number of carbonyl (C=O) groups is 1. The maximum atomic E-state index is 13.9. The molecule has 1 aromatic rings. The molecule has 0 aromatic heterocycles. The van der Waals surface area contributed by atoms with Gasteiger partial charge in [-0.25, -0.2) is 12.8 Å². The number of piperidine rings is 1. The van der Waals surface area contributed by atoms with Crippen LogP contribution in [-0.2, 0) is 14.8 Å². The zero-order chi connectivity index (χ0) is 15.8. The van der Waals surface area contributed by atoms with Crippen molar-refractivity contribution in [3.63, 3.8) is 0 Å². The summed E-state index contributed by atoms with van der Waals surface area (Å²) in [5.41, 5.74) is 0. The van der Waals surface area contributed by atoms with E-state index in [1.807, 2.05) is 0 Å². The number of rotatable bonds is 3. The molecular formula is C13H15ClFNO4S. The van der Waals surface area contributed by atoms with E-state index in [0.717, 1.165) is 10.4 Å². The minimum Gasteiger partial charge on any atom is -0.481 e. The summed E-state index contributed by atoms with van der Waals surface area (Å²) in [5, 5.41) is 8.86. The Balaban J connectivity index is 2.45. The van der Waals surface area contributed by atoms with Crippen LogP contribution in [0.2, 0.25) is 5.02 Å². The predicted molar refractivity (Wildman–Crippen MR) is 75.1 cm³/mol. The average molecular weight is 336 g/mol. The second-order valence-corrected chi connectivity index (χ2v) is 7.32. The third kappa shape index (κ3) is 3.04. The van der Waals surface area contributed by atoms with Crippen molar-refractivity contribution in [1.82, 2.24) is 4.31 Å². The molecule has 0 aliphatic carbocycles. The van der Waals surface area contributed by atoms with Gasteiger partial charge in [-0.3, -0.25) is 4.79 Å². The van der Waals surface area contributed by atoms with Gasteiger partial charge in [-0.15, -0.1) is 0 Å². The third-order valence-corrected chi connectivity index (χ3v) is 6.14. The fraction of sp³-hybridized carbons (Fsp3) is 0.462. The number of nitrogens with zero attached hydrogens (tertiary/aromatic N) is 1. The zero-order valence-corrected chi connectivity index (χ0v) is 12.9. The van der Waals surface area contributed by atoms with Gasteiger partial charge < -0.3 is 5.11 Å². The van der Waals surface area contributed by atoms with E-state index in [2.05, 4.69) is 0 Å². The Morgan fingerprint density at radius 2 is 2.10 bits per heavy atom. The molecule has 2 atom stereocenters. The first kappa shape index (κ1) is 16.2. The van der Waals surface area contributed by atoms with Crippen molar-refractivity contribution < 1.29 is 22.7 Å². The van der Waals surface area contributed by atoms with Crippen molar-refractivity contribution in [2.75, 3.05) is 6.54 Å². The average Bonchev–Trinajstić information content (AvgIpc) is 2.38. The lowest BCUT2D eigenvalue weighted by molar-refractivity contribution is -0.143. The lowest BCUT2D eigenvalue weighted by Gasteiger charge is -2.35. The van der Waals surface area contributed by atoms with Crippen molar-refractivity contribution >= 4 is 27.6 Å². The molecule has 1 heterocycles. The van der Waals surface area contributed by atoms with Crippen molar-refractivity contribution in [2.24, 2.45) is 5.92 Å². The van der Waals surface area contributed by atoms with E-state index in [4.69, 9.17) is 16.7 Å². The number of benzene rings is 1. The standard InChI is InChI=1S/C13H15ClFNO4S/c1-8-5-6-9(13(17)18)7-16(8)21(19,20)12-10(14)3-2-4-11(12)15/h2-4,8-9H,5-7H2,1H3,(H,17,18). The highest BCUT2D eigenvalue weighted by atomic mass is 35.5. The van der Waals surface area contributed by atoms with Crippen LogP contribution in [0.4, 0.5) is 4.39 Å². The summed E-state index contributed by atoms with van der Waals surface area (Å²) in [6, 6.07) is 3.22. The van der Waals surface area contributed by atoms with Gasteiger partial charge in [0.1, 0.15) is 10.7 Å². The van der Waals surface area contributed by atoms with E-state index in [-0.39, 0.29) is 11.6 Å². The molecule has 1 saturated heterocycles. The minimum atomic E-state index is -4.18. The second kappa shape index (κ2) is 5.90. The van der Waals surface area contributed by atoms with E-state index in [1.54, 1.807) is 6.92 Å². The lowest BCUT2D eigenvalue weighted by atomic mass is 9.96. The number of hydrogen-bond acceptors (Lipinski definition) is 3. The Bertz CT molecular complexity index is 644. The van der Waals surface area contributed by atoms with Gasteiger partial charge in [0.05, 0.1) is 10.9 Å². The van der Waals surface area contributed by atoms with Crippen molar-refractivity contribution in [3.8, 4) is 0 Å². The Hall–Kier alpha value is -1.18. The van der Waals surface area contributed by atoms with Crippen LogP contribution in [0.25, 0.3) is 0 Å². The first-order valence-electron chi connectivity index (χ1n) is 6.43. The number of halogens is 2. The van der Waals surface area contributed by atoms with E-state index in [0.29, 0.717) is 12.8 Å². The van der Waals surface area contributed by atoms with E-state index >= 15 is 0 Å². The quantitative estimate of drug-likeness (QED) is 0.920. The van der Waals surface area contributed by atoms with Crippen LogP contribution in [0.1, 0.15) is 19.8 Å². The molecule has 1 N–H and O–H groups in total. The topological polar surface area (TPSA) is 74.7 Å². The molecule has 1 aliphatic rings. The lowest BCUT2D eigenvalue weighted by Crippen LogP contribution is -2.47. The summed E-state index contributed by atoms with van der Waals surface area (Å²) in [6.07, 6.45) is 0.801. The summed E-state index contributed by atoms with van der Waals surface area (Å²) in [7, 11) is -4.18. The summed E-state index contributed by atoms with van der Waals surface area (Å²) >= 11 is 5.82. The monoisotopic (exact) mass is 335 g/mol. The van der Waals surface area contributed by atoms with Gasteiger partial charge in [-0.05, 0) is 31.9 Å². The molecule has 2 unspecified atom stereocenters. The van der Waals surface area contributed by atoms with Crippen molar-refractivity contribution in [3.05, 3.63) is 29.0 Å². The number of carboxylic acid groups (broad SMARTS) is 1. The Morgan fingerprint density at radius 3 is 2.67 bits per heavy atom. The van der Waals surface area contributed by atoms with Crippen LogP contribution in [0.3, 0.4) is 0 Å².